The largest absolute Gasteiger partial charge is 0.490 e. The number of fused-ring (bicyclic) bond motifs is 1. The standard InChI is InChI=1S/C18H30N4O7.C2HF3O2/c1-18(19)11-29-8-3-2-7-28-10-12(16(25)26)21-15(24)13-5-4-6-22(13)14(23)9-20-17(18)27;3-2(4,5)1(6)7/h12-13H,2-11,19H2,1H3,(H,20,27)(H,21,24)(H,25,26);(H,6,7)/t12-,13-,18+;/m0./s1. The summed E-state index contributed by atoms with van der Waals surface area (Å²) in [6.07, 6.45) is -2.80. The van der Waals surface area contributed by atoms with E-state index in [2.05, 4.69) is 10.6 Å². The molecule has 2 heterocycles. The summed E-state index contributed by atoms with van der Waals surface area (Å²) in [5.74, 6) is -5.47. The van der Waals surface area contributed by atoms with E-state index in [1.54, 1.807) is 0 Å². The second-order valence-corrected chi connectivity index (χ2v) is 8.38. The highest BCUT2D eigenvalue weighted by molar-refractivity contribution is 5.93. The van der Waals surface area contributed by atoms with Crippen molar-refractivity contribution in [1.29, 1.82) is 0 Å². The van der Waals surface area contributed by atoms with Crippen molar-refractivity contribution >= 4 is 29.7 Å². The van der Waals surface area contributed by atoms with Gasteiger partial charge in [-0.2, -0.15) is 13.2 Å². The Bertz CT molecular complexity index is 808. The van der Waals surface area contributed by atoms with Crippen LogP contribution in [0.2, 0.25) is 0 Å². The molecule has 2 aliphatic rings. The molecule has 0 aromatic heterocycles. The summed E-state index contributed by atoms with van der Waals surface area (Å²) in [5.41, 5.74) is 4.69. The summed E-state index contributed by atoms with van der Waals surface area (Å²) in [5, 5.41) is 21.4. The summed E-state index contributed by atoms with van der Waals surface area (Å²) >= 11 is 0. The van der Waals surface area contributed by atoms with Crippen molar-refractivity contribution < 1.29 is 56.8 Å². The Morgan fingerprint density at radius 2 is 1.69 bits per heavy atom. The Balaban J connectivity index is 0.000000809. The first-order valence-electron chi connectivity index (χ1n) is 11.0. The van der Waals surface area contributed by atoms with Crippen molar-refractivity contribution in [3.05, 3.63) is 0 Å². The van der Waals surface area contributed by atoms with Crippen LogP contribution >= 0.6 is 0 Å². The highest BCUT2D eigenvalue weighted by Crippen LogP contribution is 2.18. The minimum Gasteiger partial charge on any atom is -0.480 e. The number of hydrogen-bond acceptors (Lipinski definition) is 8. The fourth-order valence-corrected chi connectivity index (χ4v) is 3.20. The molecule has 36 heavy (non-hydrogen) atoms. The molecule has 0 radical (unpaired) electrons. The minimum absolute atomic E-state index is 0.0102. The number of carboxylic acid groups (broad SMARTS) is 2. The lowest BCUT2D eigenvalue weighted by atomic mass is 10.0. The summed E-state index contributed by atoms with van der Waals surface area (Å²) in [6, 6.07) is -1.99. The highest BCUT2D eigenvalue weighted by Gasteiger charge is 2.38. The zero-order valence-corrected chi connectivity index (χ0v) is 19.6. The van der Waals surface area contributed by atoms with Gasteiger partial charge >= 0.3 is 18.1 Å². The molecule has 2 aliphatic heterocycles. The molecule has 2 fully saturated rings. The quantitative estimate of drug-likeness (QED) is 0.277. The van der Waals surface area contributed by atoms with Crippen LogP contribution in [0.1, 0.15) is 32.6 Å². The number of carbonyl (C=O) groups is 5. The van der Waals surface area contributed by atoms with Crippen LogP contribution in [0.5, 0.6) is 0 Å². The van der Waals surface area contributed by atoms with Crippen LogP contribution in [0.15, 0.2) is 0 Å². The number of ether oxygens (including phenoxy) is 2. The smallest absolute Gasteiger partial charge is 0.480 e. The van der Waals surface area contributed by atoms with Gasteiger partial charge in [0.1, 0.15) is 11.6 Å². The number of amides is 3. The Labute approximate surface area is 204 Å². The van der Waals surface area contributed by atoms with Crippen LogP contribution in [0.25, 0.3) is 0 Å². The number of alkyl halides is 3. The van der Waals surface area contributed by atoms with Gasteiger partial charge in [-0.25, -0.2) is 9.59 Å². The van der Waals surface area contributed by atoms with Gasteiger partial charge in [-0.05, 0) is 32.6 Å². The van der Waals surface area contributed by atoms with E-state index in [1.165, 1.54) is 11.8 Å². The number of halogens is 3. The summed E-state index contributed by atoms with van der Waals surface area (Å²) in [7, 11) is 0. The van der Waals surface area contributed by atoms with E-state index in [1.807, 2.05) is 0 Å². The summed E-state index contributed by atoms with van der Waals surface area (Å²) in [6.45, 7) is 2.05. The molecule has 2 rings (SSSR count). The molecule has 0 spiro atoms. The minimum atomic E-state index is -5.08. The van der Waals surface area contributed by atoms with Gasteiger partial charge < -0.3 is 41.0 Å². The molecule has 0 aliphatic carbocycles. The van der Waals surface area contributed by atoms with Crippen LogP contribution < -0.4 is 16.4 Å². The van der Waals surface area contributed by atoms with E-state index in [-0.39, 0.29) is 19.8 Å². The number of nitrogens with zero attached hydrogens (tertiary/aromatic N) is 1. The van der Waals surface area contributed by atoms with E-state index in [0.717, 1.165) is 0 Å². The summed E-state index contributed by atoms with van der Waals surface area (Å²) < 4.78 is 42.6. The molecule has 0 unspecified atom stereocenters. The number of aliphatic carboxylic acids is 2. The highest BCUT2D eigenvalue weighted by atomic mass is 19.4. The van der Waals surface area contributed by atoms with E-state index < -0.39 is 53.5 Å². The molecule has 13 nitrogen and oxygen atoms in total. The number of nitrogens with one attached hydrogen (secondary N) is 2. The van der Waals surface area contributed by atoms with E-state index in [9.17, 15) is 37.5 Å². The zero-order chi connectivity index (χ0) is 27.5. The monoisotopic (exact) mass is 528 g/mol. The van der Waals surface area contributed by atoms with Gasteiger partial charge in [0.25, 0.3) is 0 Å². The lowest BCUT2D eigenvalue weighted by Gasteiger charge is -2.27. The second kappa shape index (κ2) is 13.9. The average molecular weight is 528 g/mol. The lowest BCUT2D eigenvalue weighted by Crippen LogP contribution is -2.57. The Hall–Kier alpha value is -2.98. The van der Waals surface area contributed by atoms with Gasteiger partial charge in [-0.15, -0.1) is 0 Å². The van der Waals surface area contributed by atoms with Crippen LogP contribution in [0, 0.1) is 0 Å². The zero-order valence-electron chi connectivity index (χ0n) is 19.6. The third-order valence-electron chi connectivity index (χ3n) is 5.17. The van der Waals surface area contributed by atoms with Crippen LogP contribution in [0.3, 0.4) is 0 Å². The van der Waals surface area contributed by atoms with Crippen molar-refractivity contribution in [1.82, 2.24) is 15.5 Å². The molecule has 3 atom stereocenters. The maximum Gasteiger partial charge on any atom is 0.490 e. The maximum atomic E-state index is 12.6. The molecule has 2 saturated heterocycles. The number of nitrogens with two attached hydrogens (primary N) is 1. The lowest BCUT2D eigenvalue weighted by molar-refractivity contribution is -0.192. The SMILES string of the molecule is C[C@@]1(N)COCCCCOC[C@@H](C(=O)O)NC(=O)[C@@H]2CCCN2C(=O)CNC1=O.O=C(O)C(F)(F)F. The number of carboxylic acids is 2. The van der Waals surface area contributed by atoms with E-state index >= 15 is 0 Å². The predicted octanol–water partition coefficient (Wildman–Crippen LogP) is -1.16. The number of carbonyl (C=O) groups excluding carboxylic acids is 3. The normalized spacial score (nSPS) is 27.4. The number of hydrogen-bond donors (Lipinski definition) is 5. The van der Waals surface area contributed by atoms with Gasteiger partial charge in [0.05, 0.1) is 19.8 Å². The van der Waals surface area contributed by atoms with Gasteiger partial charge in [0, 0.05) is 19.8 Å². The van der Waals surface area contributed by atoms with Gasteiger partial charge in [-0.3, -0.25) is 14.4 Å². The molecule has 206 valence electrons. The second-order valence-electron chi connectivity index (χ2n) is 8.38. The molecule has 0 saturated carbocycles. The third kappa shape index (κ3) is 10.3. The molecule has 0 aromatic carbocycles. The van der Waals surface area contributed by atoms with Crippen molar-refractivity contribution in [2.75, 3.05) is 39.5 Å². The fourth-order valence-electron chi connectivity index (χ4n) is 3.20. The molecule has 6 N–H and O–H groups in total. The topological polar surface area (TPSA) is 198 Å². The first-order chi connectivity index (χ1) is 16.7. The van der Waals surface area contributed by atoms with Crippen molar-refractivity contribution in [2.45, 2.75) is 56.4 Å². The molecule has 16 heteroatoms. The molecule has 0 bridgehead atoms. The van der Waals surface area contributed by atoms with E-state index in [4.69, 9.17) is 25.1 Å². The van der Waals surface area contributed by atoms with Crippen LogP contribution in [-0.4, -0.2) is 108 Å². The van der Waals surface area contributed by atoms with Crippen LogP contribution in [-0.2, 0) is 33.4 Å². The molecule has 3 amide bonds. The molecular weight excluding hydrogens is 497 g/mol. The first-order valence-corrected chi connectivity index (χ1v) is 11.0. The summed E-state index contributed by atoms with van der Waals surface area (Å²) in [4.78, 5) is 59.1. The van der Waals surface area contributed by atoms with Crippen molar-refractivity contribution in [3.8, 4) is 0 Å². The first kappa shape index (κ1) is 31.1. The van der Waals surface area contributed by atoms with Gasteiger partial charge in [0.2, 0.25) is 17.7 Å². The molecular formula is C20H31F3N4O9. The number of rotatable bonds is 1. The maximum absolute atomic E-state index is 12.6. The van der Waals surface area contributed by atoms with Gasteiger partial charge in [0.15, 0.2) is 6.04 Å². The Morgan fingerprint density at radius 3 is 2.25 bits per heavy atom. The average Bonchev–Trinajstić information content (AvgIpc) is 3.27. The Kier molecular flexibility index (Phi) is 12.0. The van der Waals surface area contributed by atoms with Crippen molar-refractivity contribution in [3.63, 3.8) is 0 Å². The van der Waals surface area contributed by atoms with E-state index in [0.29, 0.717) is 45.4 Å². The Morgan fingerprint density at radius 1 is 1.11 bits per heavy atom. The van der Waals surface area contributed by atoms with Crippen molar-refractivity contribution in [2.24, 2.45) is 5.73 Å². The fraction of sp³-hybridized carbons (Fsp3) is 0.750. The predicted molar refractivity (Wildman–Crippen MR) is 114 cm³/mol. The van der Waals surface area contributed by atoms with Gasteiger partial charge in [-0.1, -0.05) is 0 Å². The third-order valence-corrected chi connectivity index (χ3v) is 5.17. The molecule has 0 aromatic rings. The van der Waals surface area contributed by atoms with Crippen LogP contribution in [0.4, 0.5) is 13.2 Å².